The van der Waals surface area contributed by atoms with Crippen LogP contribution >= 0.6 is 0 Å². The highest BCUT2D eigenvalue weighted by molar-refractivity contribution is 6.02. The molecule has 0 aromatic rings. The molecule has 2 aliphatic rings. The van der Waals surface area contributed by atoms with Crippen molar-refractivity contribution < 1.29 is 14.4 Å². The summed E-state index contributed by atoms with van der Waals surface area (Å²) in [6, 6.07) is -0.452. The van der Waals surface area contributed by atoms with Crippen LogP contribution in [0.5, 0.6) is 0 Å². The summed E-state index contributed by atoms with van der Waals surface area (Å²) in [5.41, 5.74) is -0.557. The SMILES string of the molecule is CC(C)(C(=O)NC1CCC(=O)NC1=O)C1CCCN1. The molecule has 3 N–H and O–H groups in total. The van der Waals surface area contributed by atoms with Crippen molar-refractivity contribution in [1.82, 2.24) is 16.0 Å². The number of carbonyl (C=O) groups excluding carboxylic acids is 3. The van der Waals surface area contributed by atoms with Crippen molar-refractivity contribution in [2.45, 2.75) is 51.6 Å². The first-order valence-corrected chi connectivity index (χ1v) is 6.79. The Balaban J connectivity index is 1.96. The summed E-state index contributed by atoms with van der Waals surface area (Å²) in [6.07, 6.45) is 2.69. The average Bonchev–Trinajstić information content (AvgIpc) is 2.86. The highest BCUT2D eigenvalue weighted by Gasteiger charge is 2.40. The molecule has 0 aliphatic carbocycles. The standard InChI is InChI=1S/C13H21N3O3/c1-13(2,9-4-3-7-14-9)12(19)15-8-5-6-10(17)16-11(8)18/h8-9,14H,3-7H2,1-2H3,(H,15,19)(H,16,17,18). The first-order valence-electron chi connectivity index (χ1n) is 6.79. The van der Waals surface area contributed by atoms with Crippen LogP contribution in [0.4, 0.5) is 0 Å². The van der Waals surface area contributed by atoms with Crippen LogP contribution in [0, 0.1) is 5.41 Å². The Morgan fingerprint density at radius 2 is 2.05 bits per heavy atom. The quantitative estimate of drug-likeness (QED) is 0.612. The van der Waals surface area contributed by atoms with E-state index in [0.717, 1.165) is 19.4 Å². The van der Waals surface area contributed by atoms with Crippen LogP contribution in [0.25, 0.3) is 0 Å². The number of amides is 3. The van der Waals surface area contributed by atoms with Gasteiger partial charge in [0.1, 0.15) is 6.04 Å². The second-order valence-electron chi connectivity index (χ2n) is 5.85. The molecular formula is C13H21N3O3. The number of nitrogens with one attached hydrogen (secondary N) is 3. The summed E-state index contributed by atoms with van der Waals surface area (Å²) >= 11 is 0. The van der Waals surface area contributed by atoms with Crippen LogP contribution in [-0.2, 0) is 14.4 Å². The van der Waals surface area contributed by atoms with E-state index in [1.54, 1.807) is 0 Å². The topological polar surface area (TPSA) is 87.3 Å². The van der Waals surface area contributed by atoms with E-state index in [4.69, 9.17) is 0 Å². The van der Waals surface area contributed by atoms with Gasteiger partial charge >= 0.3 is 0 Å². The van der Waals surface area contributed by atoms with E-state index < -0.39 is 17.4 Å². The van der Waals surface area contributed by atoms with E-state index in [0.29, 0.717) is 6.42 Å². The van der Waals surface area contributed by atoms with Crippen molar-refractivity contribution in [2.75, 3.05) is 6.54 Å². The molecule has 2 aliphatic heterocycles. The number of hydrogen-bond acceptors (Lipinski definition) is 4. The largest absolute Gasteiger partial charge is 0.344 e. The third-order valence-electron chi connectivity index (χ3n) is 4.06. The predicted octanol–water partition coefficient (Wildman–Crippen LogP) is -0.314. The lowest BCUT2D eigenvalue weighted by Gasteiger charge is -2.32. The zero-order chi connectivity index (χ0) is 14.0. The van der Waals surface area contributed by atoms with Gasteiger partial charge in [0.05, 0.1) is 5.41 Å². The van der Waals surface area contributed by atoms with E-state index in [2.05, 4.69) is 16.0 Å². The molecule has 2 unspecified atom stereocenters. The number of piperidine rings is 1. The molecule has 2 rings (SSSR count). The first-order chi connectivity index (χ1) is 8.91. The normalized spacial score (nSPS) is 28.1. The molecule has 0 radical (unpaired) electrons. The first kappa shape index (κ1) is 14.0. The number of carbonyl (C=O) groups is 3. The molecule has 2 fully saturated rings. The highest BCUT2D eigenvalue weighted by atomic mass is 16.2. The Morgan fingerprint density at radius 1 is 1.32 bits per heavy atom. The molecule has 2 saturated heterocycles. The average molecular weight is 267 g/mol. The third-order valence-corrected chi connectivity index (χ3v) is 4.06. The Bertz CT molecular complexity index is 400. The van der Waals surface area contributed by atoms with Crippen molar-refractivity contribution in [2.24, 2.45) is 5.41 Å². The zero-order valence-electron chi connectivity index (χ0n) is 11.4. The molecule has 0 aromatic heterocycles. The van der Waals surface area contributed by atoms with Crippen LogP contribution in [-0.4, -0.2) is 36.3 Å². The van der Waals surface area contributed by atoms with Gasteiger partial charge in [-0.05, 0) is 39.7 Å². The van der Waals surface area contributed by atoms with Gasteiger partial charge < -0.3 is 10.6 Å². The van der Waals surface area contributed by atoms with E-state index in [1.165, 1.54) is 0 Å². The summed E-state index contributed by atoms with van der Waals surface area (Å²) in [4.78, 5) is 35.0. The third kappa shape index (κ3) is 2.94. The molecule has 0 saturated carbocycles. The van der Waals surface area contributed by atoms with Crippen molar-refractivity contribution in [3.63, 3.8) is 0 Å². The monoisotopic (exact) mass is 267 g/mol. The maximum absolute atomic E-state index is 12.3. The fourth-order valence-electron chi connectivity index (χ4n) is 2.63. The smallest absolute Gasteiger partial charge is 0.249 e. The van der Waals surface area contributed by atoms with Gasteiger partial charge in [-0.3, -0.25) is 19.7 Å². The highest BCUT2D eigenvalue weighted by Crippen LogP contribution is 2.27. The zero-order valence-corrected chi connectivity index (χ0v) is 11.4. The summed E-state index contributed by atoms with van der Waals surface area (Å²) in [5.74, 6) is -0.812. The van der Waals surface area contributed by atoms with Crippen LogP contribution < -0.4 is 16.0 Å². The molecule has 2 heterocycles. The fourth-order valence-corrected chi connectivity index (χ4v) is 2.63. The minimum absolute atomic E-state index is 0.138. The second-order valence-corrected chi connectivity index (χ2v) is 5.85. The van der Waals surface area contributed by atoms with Gasteiger partial charge in [0.2, 0.25) is 17.7 Å². The van der Waals surface area contributed by atoms with Gasteiger partial charge in [0, 0.05) is 12.5 Å². The van der Waals surface area contributed by atoms with Gasteiger partial charge in [-0.1, -0.05) is 0 Å². The molecule has 19 heavy (non-hydrogen) atoms. The van der Waals surface area contributed by atoms with Crippen LogP contribution in [0.15, 0.2) is 0 Å². The fraction of sp³-hybridized carbons (Fsp3) is 0.769. The van der Waals surface area contributed by atoms with E-state index >= 15 is 0 Å². The lowest BCUT2D eigenvalue weighted by Crippen LogP contribution is -2.57. The van der Waals surface area contributed by atoms with Gasteiger partial charge in [0.15, 0.2) is 0 Å². The molecule has 6 heteroatoms. The molecule has 6 nitrogen and oxygen atoms in total. The molecule has 0 spiro atoms. The summed E-state index contributed by atoms with van der Waals surface area (Å²) in [6.45, 7) is 4.70. The number of rotatable bonds is 3. The van der Waals surface area contributed by atoms with Crippen molar-refractivity contribution >= 4 is 17.7 Å². The van der Waals surface area contributed by atoms with Crippen molar-refractivity contribution in [1.29, 1.82) is 0 Å². The number of hydrogen-bond donors (Lipinski definition) is 3. The Labute approximate surface area is 112 Å². The minimum Gasteiger partial charge on any atom is -0.344 e. The Hall–Kier alpha value is -1.43. The van der Waals surface area contributed by atoms with Gasteiger partial charge in [0.25, 0.3) is 0 Å². The summed E-state index contributed by atoms with van der Waals surface area (Å²) < 4.78 is 0. The van der Waals surface area contributed by atoms with Crippen molar-refractivity contribution in [3.8, 4) is 0 Å². The van der Waals surface area contributed by atoms with Crippen LogP contribution in [0.2, 0.25) is 0 Å². The predicted molar refractivity (Wildman–Crippen MR) is 69.1 cm³/mol. The van der Waals surface area contributed by atoms with Crippen molar-refractivity contribution in [3.05, 3.63) is 0 Å². The molecule has 0 aromatic carbocycles. The maximum Gasteiger partial charge on any atom is 0.249 e. The molecule has 0 bridgehead atoms. The van der Waals surface area contributed by atoms with E-state index in [1.807, 2.05) is 13.8 Å². The van der Waals surface area contributed by atoms with Crippen LogP contribution in [0.3, 0.4) is 0 Å². The Morgan fingerprint density at radius 3 is 2.63 bits per heavy atom. The summed E-state index contributed by atoms with van der Waals surface area (Å²) in [5, 5.41) is 8.33. The molecule has 2 atom stereocenters. The lowest BCUT2D eigenvalue weighted by atomic mass is 9.82. The second kappa shape index (κ2) is 5.28. The number of imide groups is 1. The molecular weight excluding hydrogens is 246 g/mol. The minimum atomic E-state index is -0.592. The molecule has 3 amide bonds. The molecule has 106 valence electrons. The van der Waals surface area contributed by atoms with Gasteiger partial charge in [-0.15, -0.1) is 0 Å². The Kier molecular flexibility index (Phi) is 3.89. The lowest BCUT2D eigenvalue weighted by molar-refractivity contribution is -0.140. The van der Waals surface area contributed by atoms with Crippen LogP contribution in [0.1, 0.15) is 39.5 Å². The van der Waals surface area contributed by atoms with E-state index in [9.17, 15) is 14.4 Å². The van der Waals surface area contributed by atoms with E-state index in [-0.39, 0.29) is 24.3 Å². The summed E-state index contributed by atoms with van der Waals surface area (Å²) in [7, 11) is 0. The van der Waals surface area contributed by atoms with Gasteiger partial charge in [-0.25, -0.2) is 0 Å². The maximum atomic E-state index is 12.3. The van der Waals surface area contributed by atoms with Gasteiger partial charge in [-0.2, -0.15) is 0 Å².